The van der Waals surface area contributed by atoms with Crippen molar-refractivity contribution in [1.82, 2.24) is 4.90 Å². The normalized spacial score (nSPS) is 24.2. The number of nitrogens with zero attached hydrogens (tertiary/aromatic N) is 1. The van der Waals surface area contributed by atoms with Crippen LogP contribution in [0.3, 0.4) is 0 Å². The number of likely N-dealkylation sites (tertiary alicyclic amines) is 1. The van der Waals surface area contributed by atoms with E-state index in [0.717, 1.165) is 25.0 Å². The lowest BCUT2D eigenvalue weighted by Gasteiger charge is -2.47. The minimum atomic E-state index is -4.68. The van der Waals surface area contributed by atoms with Crippen molar-refractivity contribution < 1.29 is 45.0 Å². The van der Waals surface area contributed by atoms with Gasteiger partial charge in [-0.3, -0.25) is 9.69 Å². The molecule has 1 N–H and O–H groups in total. The van der Waals surface area contributed by atoms with Gasteiger partial charge in [0.1, 0.15) is 0 Å². The molecule has 0 aromatic heterocycles. The first-order valence-corrected chi connectivity index (χ1v) is 10.8. The predicted molar refractivity (Wildman–Crippen MR) is 106 cm³/mol. The van der Waals surface area contributed by atoms with Crippen molar-refractivity contribution in [2.24, 2.45) is 11.8 Å². The van der Waals surface area contributed by atoms with Crippen molar-refractivity contribution in [1.29, 1.82) is 0 Å². The van der Waals surface area contributed by atoms with E-state index in [1.54, 1.807) is 0 Å². The number of rotatable bonds is 6. The van der Waals surface area contributed by atoms with Crippen LogP contribution in [-0.2, 0) is 11.0 Å². The van der Waals surface area contributed by atoms with Gasteiger partial charge >= 0.3 is 18.3 Å². The number of piperidine rings is 1. The molecule has 1 heterocycles. The van der Waals surface area contributed by atoms with Crippen molar-refractivity contribution in [3.05, 3.63) is 35.4 Å². The van der Waals surface area contributed by atoms with E-state index >= 15 is 0 Å². The number of carboxylic acid groups (broad SMARTS) is 1. The van der Waals surface area contributed by atoms with Crippen LogP contribution in [0, 0.1) is 23.7 Å². The van der Waals surface area contributed by atoms with Gasteiger partial charge in [-0.05, 0) is 37.0 Å². The largest absolute Gasteiger partial charge is 0.481 e. The van der Waals surface area contributed by atoms with Gasteiger partial charge in [-0.15, -0.1) is 0 Å². The minimum Gasteiger partial charge on any atom is -0.481 e. The average molecular weight is 497 g/mol. The maximum absolute atomic E-state index is 14.9. The molecular weight excluding hydrogens is 474 g/mol. The standard InChI is InChI=1S/C23H23F8NO2/c24-21(25)11-12-32(17(8-3-14-1-2-14)9-10-22(26,27)28)20(18(21)13-19(33)34)15-4-6-16(7-5-15)23(29,30)31/h4-7,14,17-18,20H,1-2,9-13H2,(H,33,34). The number of halogens is 8. The Morgan fingerprint density at radius 2 is 1.74 bits per heavy atom. The second-order valence-electron chi connectivity index (χ2n) is 8.75. The summed E-state index contributed by atoms with van der Waals surface area (Å²) in [5, 5.41) is 9.26. The van der Waals surface area contributed by atoms with Crippen LogP contribution in [0.15, 0.2) is 24.3 Å². The molecule has 3 rings (SSSR count). The van der Waals surface area contributed by atoms with Crippen LogP contribution < -0.4 is 0 Å². The topological polar surface area (TPSA) is 40.5 Å². The summed E-state index contributed by atoms with van der Waals surface area (Å²) in [6, 6.07) is 0.811. The van der Waals surface area contributed by atoms with Crippen molar-refractivity contribution in [3.8, 4) is 11.8 Å². The second-order valence-corrected chi connectivity index (χ2v) is 8.75. The maximum atomic E-state index is 14.9. The summed E-state index contributed by atoms with van der Waals surface area (Å²) < 4.78 is 108. The third-order valence-electron chi connectivity index (χ3n) is 6.09. The summed E-state index contributed by atoms with van der Waals surface area (Å²) in [5.41, 5.74) is -1.05. The molecule has 1 saturated heterocycles. The van der Waals surface area contributed by atoms with Crippen LogP contribution in [0.2, 0.25) is 0 Å². The Bertz CT molecular complexity index is 926. The number of hydrogen-bond donors (Lipinski definition) is 1. The van der Waals surface area contributed by atoms with Crippen LogP contribution in [-0.4, -0.2) is 40.7 Å². The van der Waals surface area contributed by atoms with Crippen LogP contribution in [0.25, 0.3) is 0 Å². The van der Waals surface area contributed by atoms with Crippen LogP contribution in [0.5, 0.6) is 0 Å². The molecule has 3 atom stereocenters. The van der Waals surface area contributed by atoms with Crippen molar-refractivity contribution in [2.45, 2.75) is 68.9 Å². The van der Waals surface area contributed by atoms with Crippen LogP contribution in [0.1, 0.15) is 55.7 Å². The first kappa shape index (κ1) is 26.3. The zero-order chi connectivity index (χ0) is 25.3. The molecule has 0 radical (unpaired) electrons. The van der Waals surface area contributed by atoms with E-state index in [4.69, 9.17) is 0 Å². The molecule has 3 nitrogen and oxygen atoms in total. The highest BCUT2D eigenvalue weighted by molar-refractivity contribution is 5.67. The molecule has 3 unspecified atom stereocenters. The van der Waals surface area contributed by atoms with Gasteiger partial charge in [0.05, 0.1) is 23.9 Å². The van der Waals surface area contributed by atoms with Gasteiger partial charge < -0.3 is 5.11 Å². The first-order chi connectivity index (χ1) is 15.7. The van der Waals surface area contributed by atoms with Crippen molar-refractivity contribution in [3.63, 3.8) is 0 Å². The number of benzene rings is 1. The summed E-state index contributed by atoms with van der Waals surface area (Å²) in [6.07, 6.45) is -11.2. The highest BCUT2D eigenvalue weighted by Gasteiger charge is 2.52. The van der Waals surface area contributed by atoms with E-state index in [2.05, 4.69) is 11.8 Å². The Balaban J connectivity index is 2.04. The molecule has 11 heteroatoms. The van der Waals surface area contributed by atoms with E-state index in [1.165, 1.54) is 4.90 Å². The zero-order valence-corrected chi connectivity index (χ0v) is 17.9. The Morgan fingerprint density at radius 1 is 1.12 bits per heavy atom. The molecule has 0 spiro atoms. The summed E-state index contributed by atoms with van der Waals surface area (Å²) in [5.74, 6) is -1.25. The van der Waals surface area contributed by atoms with E-state index in [9.17, 15) is 45.0 Å². The Kier molecular flexibility index (Phi) is 7.51. The highest BCUT2D eigenvalue weighted by Crippen LogP contribution is 2.48. The molecule has 188 valence electrons. The zero-order valence-electron chi connectivity index (χ0n) is 17.9. The smallest absolute Gasteiger partial charge is 0.416 e. The second kappa shape index (κ2) is 9.72. The van der Waals surface area contributed by atoms with Gasteiger partial charge in [-0.1, -0.05) is 24.0 Å². The first-order valence-electron chi connectivity index (χ1n) is 10.8. The molecular formula is C23H23F8NO2. The van der Waals surface area contributed by atoms with Gasteiger partial charge in [0.25, 0.3) is 5.92 Å². The molecule has 1 aliphatic carbocycles. The van der Waals surface area contributed by atoms with Gasteiger partial charge in [-0.25, -0.2) is 8.78 Å². The molecule has 1 saturated carbocycles. The lowest BCUT2D eigenvalue weighted by Crippen LogP contribution is -2.53. The van der Waals surface area contributed by atoms with E-state index < -0.39 is 73.5 Å². The molecule has 0 amide bonds. The number of aliphatic carboxylic acids is 1. The Morgan fingerprint density at radius 3 is 2.24 bits per heavy atom. The fourth-order valence-electron chi connectivity index (χ4n) is 4.22. The fourth-order valence-corrected chi connectivity index (χ4v) is 4.22. The Labute approximate surface area is 191 Å². The van der Waals surface area contributed by atoms with Crippen molar-refractivity contribution in [2.75, 3.05) is 6.54 Å². The van der Waals surface area contributed by atoms with E-state index in [0.29, 0.717) is 12.1 Å². The molecule has 0 bridgehead atoms. The molecule has 1 aromatic rings. The third kappa shape index (κ3) is 6.84. The summed E-state index contributed by atoms with van der Waals surface area (Å²) >= 11 is 0. The monoisotopic (exact) mass is 497 g/mol. The quantitative estimate of drug-likeness (QED) is 0.370. The number of carboxylic acids is 1. The number of hydrogen-bond acceptors (Lipinski definition) is 2. The third-order valence-corrected chi connectivity index (χ3v) is 6.09. The van der Waals surface area contributed by atoms with Crippen molar-refractivity contribution >= 4 is 5.97 Å². The average Bonchev–Trinajstić information content (AvgIpc) is 3.53. The summed E-state index contributed by atoms with van der Waals surface area (Å²) in [7, 11) is 0. The van der Waals surface area contributed by atoms with Gasteiger partial charge in [0, 0.05) is 31.3 Å². The molecule has 1 aromatic carbocycles. The summed E-state index contributed by atoms with van der Waals surface area (Å²) in [6.45, 7) is -0.378. The van der Waals surface area contributed by atoms with E-state index in [-0.39, 0.29) is 18.0 Å². The molecule has 34 heavy (non-hydrogen) atoms. The van der Waals surface area contributed by atoms with Crippen LogP contribution >= 0.6 is 0 Å². The number of carbonyl (C=O) groups is 1. The molecule has 2 aliphatic rings. The van der Waals surface area contributed by atoms with E-state index in [1.807, 2.05) is 0 Å². The van der Waals surface area contributed by atoms with Gasteiger partial charge in [0.15, 0.2) is 0 Å². The minimum absolute atomic E-state index is 0.0129. The lowest BCUT2D eigenvalue weighted by atomic mass is 9.78. The predicted octanol–water partition coefficient (Wildman–Crippen LogP) is 6.30. The van der Waals surface area contributed by atoms with Gasteiger partial charge in [-0.2, -0.15) is 26.3 Å². The summed E-state index contributed by atoms with van der Waals surface area (Å²) in [4.78, 5) is 12.7. The molecule has 1 aliphatic heterocycles. The lowest BCUT2D eigenvalue weighted by molar-refractivity contribution is -0.163. The maximum Gasteiger partial charge on any atom is 0.416 e. The molecule has 2 fully saturated rings. The highest BCUT2D eigenvalue weighted by atomic mass is 19.4. The van der Waals surface area contributed by atoms with Crippen LogP contribution in [0.4, 0.5) is 35.1 Å². The fraction of sp³-hybridized carbons (Fsp3) is 0.609. The Hall–Kier alpha value is -2.35. The number of alkyl halides is 8. The SMILES string of the molecule is O=C(O)CC1C(c2ccc(C(F)(F)F)cc2)N(C(C#CC2CC2)CCC(F)(F)F)CCC1(F)F. The van der Waals surface area contributed by atoms with Gasteiger partial charge in [0.2, 0.25) is 0 Å².